The van der Waals surface area contributed by atoms with Gasteiger partial charge in [-0.1, -0.05) is 6.07 Å². The van der Waals surface area contributed by atoms with E-state index in [1.807, 2.05) is 0 Å². The summed E-state index contributed by atoms with van der Waals surface area (Å²) < 4.78 is 15.7. The first-order valence-corrected chi connectivity index (χ1v) is 7.07. The van der Waals surface area contributed by atoms with Gasteiger partial charge in [-0.05, 0) is 29.1 Å². The molecule has 0 radical (unpaired) electrons. The third-order valence-electron chi connectivity index (χ3n) is 3.19. The fourth-order valence-electron chi connectivity index (χ4n) is 2.15. The molecular weight excluding hydrogens is 290 g/mol. The quantitative estimate of drug-likeness (QED) is 0.812. The Hall–Kier alpha value is -2.52. The van der Waals surface area contributed by atoms with Crippen LogP contribution < -0.4 is 14.2 Å². The van der Waals surface area contributed by atoms with Crippen LogP contribution in [0.3, 0.4) is 0 Å². The van der Waals surface area contributed by atoms with Gasteiger partial charge in [-0.3, -0.25) is 4.79 Å². The molecule has 1 atom stereocenters. The summed E-state index contributed by atoms with van der Waals surface area (Å²) >= 11 is 1.26. The van der Waals surface area contributed by atoms with Crippen LogP contribution in [0.4, 0.5) is 0 Å². The van der Waals surface area contributed by atoms with E-state index in [1.54, 1.807) is 29.6 Å². The largest absolute Gasteiger partial charge is 0.495 e. The van der Waals surface area contributed by atoms with E-state index in [9.17, 15) is 10.1 Å². The lowest BCUT2D eigenvalue weighted by molar-refractivity contribution is 0.0980. The average molecular weight is 301 g/mol. The van der Waals surface area contributed by atoms with E-state index in [-0.39, 0.29) is 12.6 Å². The van der Waals surface area contributed by atoms with Gasteiger partial charge in [0.1, 0.15) is 16.5 Å². The monoisotopic (exact) mass is 301 g/mol. The molecule has 106 valence electrons. The van der Waals surface area contributed by atoms with Crippen LogP contribution in [0.15, 0.2) is 29.6 Å². The number of hydrogen-bond donors (Lipinski definition) is 0. The Morgan fingerprint density at radius 3 is 2.95 bits per heavy atom. The molecule has 0 amide bonds. The molecule has 2 aromatic rings. The number of carbonyl (C=O) groups excluding carboxylic acids is 1. The van der Waals surface area contributed by atoms with Crippen molar-refractivity contribution in [1.29, 1.82) is 5.26 Å². The smallest absolute Gasteiger partial charge is 0.231 e. The zero-order valence-corrected chi connectivity index (χ0v) is 12.0. The molecule has 0 saturated heterocycles. The van der Waals surface area contributed by atoms with Gasteiger partial charge in [-0.2, -0.15) is 5.26 Å². The fraction of sp³-hybridized carbons (Fsp3) is 0.200. The number of fused-ring (bicyclic) bond motifs is 1. The zero-order valence-electron chi connectivity index (χ0n) is 11.2. The summed E-state index contributed by atoms with van der Waals surface area (Å²) in [6, 6.07) is 8.86. The molecule has 0 N–H and O–H groups in total. The lowest BCUT2D eigenvalue weighted by Crippen LogP contribution is -2.10. The molecular formula is C15H11NO4S. The lowest BCUT2D eigenvalue weighted by Gasteiger charge is -2.09. The maximum atomic E-state index is 12.6. The molecule has 0 aliphatic carbocycles. The second-order valence-corrected chi connectivity index (χ2v) is 5.27. The minimum atomic E-state index is -0.896. The van der Waals surface area contributed by atoms with Crippen molar-refractivity contribution < 1.29 is 19.0 Å². The molecule has 0 fully saturated rings. The van der Waals surface area contributed by atoms with E-state index < -0.39 is 5.92 Å². The number of carbonyl (C=O) groups is 1. The summed E-state index contributed by atoms with van der Waals surface area (Å²) in [6.45, 7) is 0.155. The van der Waals surface area contributed by atoms with Crippen molar-refractivity contribution in [2.45, 2.75) is 5.92 Å². The number of benzene rings is 1. The summed E-state index contributed by atoms with van der Waals surface area (Å²) in [7, 11) is 1.50. The summed E-state index contributed by atoms with van der Waals surface area (Å²) in [5.41, 5.74) is 0.585. The molecule has 2 heterocycles. The van der Waals surface area contributed by atoms with Crippen molar-refractivity contribution in [3.8, 4) is 23.3 Å². The molecule has 5 nitrogen and oxygen atoms in total. The summed E-state index contributed by atoms with van der Waals surface area (Å²) in [4.78, 5) is 13.0. The van der Waals surface area contributed by atoms with Gasteiger partial charge in [0, 0.05) is 0 Å². The highest BCUT2D eigenvalue weighted by Gasteiger charge is 2.27. The second-order valence-electron chi connectivity index (χ2n) is 4.36. The fourth-order valence-corrected chi connectivity index (χ4v) is 2.98. The van der Waals surface area contributed by atoms with Gasteiger partial charge in [0.2, 0.25) is 6.79 Å². The highest BCUT2D eigenvalue weighted by Crippen LogP contribution is 2.36. The van der Waals surface area contributed by atoms with Crippen LogP contribution >= 0.6 is 11.3 Å². The molecule has 3 rings (SSSR count). The van der Waals surface area contributed by atoms with Gasteiger partial charge in [0.05, 0.1) is 13.2 Å². The van der Waals surface area contributed by atoms with Crippen LogP contribution in [0.1, 0.15) is 21.2 Å². The summed E-state index contributed by atoms with van der Waals surface area (Å²) in [5, 5.41) is 11.1. The van der Waals surface area contributed by atoms with Crippen molar-refractivity contribution in [3.05, 3.63) is 40.1 Å². The molecule has 1 aliphatic rings. The predicted molar refractivity (Wildman–Crippen MR) is 76.1 cm³/mol. The summed E-state index contributed by atoms with van der Waals surface area (Å²) in [6.07, 6.45) is 0. The standard InChI is InChI=1S/C15H11NO4S/c1-18-12-4-5-21-15(12)14(17)10(7-16)9-2-3-11-13(6-9)20-8-19-11/h2-6,10H,8H2,1H3. The van der Waals surface area contributed by atoms with Crippen LogP contribution in [-0.2, 0) is 0 Å². The highest BCUT2D eigenvalue weighted by atomic mass is 32.1. The normalized spacial score (nSPS) is 13.5. The number of thiophene rings is 1. The zero-order chi connectivity index (χ0) is 14.8. The van der Waals surface area contributed by atoms with Crippen LogP contribution in [0.5, 0.6) is 17.2 Å². The molecule has 1 unspecified atom stereocenters. The van der Waals surface area contributed by atoms with Crippen LogP contribution in [-0.4, -0.2) is 19.7 Å². The SMILES string of the molecule is COc1ccsc1C(=O)C(C#N)c1ccc2c(c1)OCO2. The van der Waals surface area contributed by atoms with Gasteiger partial charge >= 0.3 is 0 Å². The Labute approximate surface area is 125 Å². The van der Waals surface area contributed by atoms with E-state index in [1.165, 1.54) is 18.4 Å². The van der Waals surface area contributed by atoms with Crippen LogP contribution in [0.2, 0.25) is 0 Å². The lowest BCUT2D eigenvalue weighted by atomic mass is 9.94. The number of ether oxygens (including phenoxy) is 3. The van der Waals surface area contributed by atoms with Crippen molar-refractivity contribution in [2.24, 2.45) is 0 Å². The average Bonchev–Trinajstić information content (AvgIpc) is 3.15. The van der Waals surface area contributed by atoms with Gasteiger partial charge in [0.15, 0.2) is 17.3 Å². The molecule has 0 saturated carbocycles. The van der Waals surface area contributed by atoms with Gasteiger partial charge < -0.3 is 14.2 Å². The van der Waals surface area contributed by atoms with Crippen LogP contribution in [0, 0.1) is 11.3 Å². The Morgan fingerprint density at radius 1 is 1.38 bits per heavy atom. The van der Waals surface area contributed by atoms with Crippen molar-refractivity contribution in [1.82, 2.24) is 0 Å². The number of hydrogen-bond acceptors (Lipinski definition) is 6. The first-order valence-electron chi connectivity index (χ1n) is 6.19. The topological polar surface area (TPSA) is 68.6 Å². The number of nitriles is 1. The Morgan fingerprint density at radius 2 is 2.19 bits per heavy atom. The summed E-state index contributed by atoms with van der Waals surface area (Å²) in [5.74, 6) is 0.497. The predicted octanol–water partition coefficient (Wildman–Crippen LogP) is 2.98. The molecule has 1 aliphatic heterocycles. The highest BCUT2D eigenvalue weighted by molar-refractivity contribution is 7.12. The maximum absolute atomic E-state index is 12.6. The van der Waals surface area contributed by atoms with E-state index in [0.29, 0.717) is 27.7 Å². The number of Topliss-reactive ketones (excluding diaryl/α,β-unsaturated/α-hetero) is 1. The Bertz CT molecular complexity index is 732. The third kappa shape index (κ3) is 2.32. The Kier molecular flexibility index (Phi) is 3.50. The van der Waals surface area contributed by atoms with E-state index in [0.717, 1.165) is 0 Å². The van der Waals surface area contributed by atoms with E-state index >= 15 is 0 Å². The molecule has 21 heavy (non-hydrogen) atoms. The first kappa shape index (κ1) is 13.5. The molecule has 6 heteroatoms. The van der Waals surface area contributed by atoms with Crippen molar-refractivity contribution in [3.63, 3.8) is 0 Å². The number of methoxy groups -OCH3 is 1. The van der Waals surface area contributed by atoms with E-state index in [4.69, 9.17) is 14.2 Å². The number of nitrogens with zero attached hydrogens (tertiary/aromatic N) is 1. The molecule has 0 bridgehead atoms. The minimum Gasteiger partial charge on any atom is -0.495 e. The first-order chi connectivity index (χ1) is 10.2. The van der Waals surface area contributed by atoms with Crippen molar-refractivity contribution in [2.75, 3.05) is 13.9 Å². The van der Waals surface area contributed by atoms with Gasteiger partial charge in [-0.15, -0.1) is 11.3 Å². The van der Waals surface area contributed by atoms with Gasteiger partial charge in [0.25, 0.3) is 0 Å². The third-order valence-corrected chi connectivity index (χ3v) is 4.10. The minimum absolute atomic E-state index is 0.155. The maximum Gasteiger partial charge on any atom is 0.231 e. The van der Waals surface area contributed by atoms with E-state index in [2.05, 4.69) is 6.07 Å². The second kappa shape index (κ2) is 5.46. The van der Waals surface area contributed by atoms with Gasteiger partial charge in [-0.25, -0.2) is 0 Å². The molecule has 1 aromatic heterocycles. The van der Waals surface area contributed by atoms with Crippen LogP contribution in [0.25, 0.3) is 0 Å². The Balaban J connectivity index is 1.95. The number of ketones is 1. The molecule has 0 spiro atoms. The number of rotatable bonds is 4. The van der Waals surface area contributed by atoms with Crippen molar-refractivity contribution >= 4 is 17.1 Å². The molecule has 1 aromatic carbocycles.